The van der Waals surface area contributed by atoms with Crippen LogP contribution in [-0.4, -0.2) is 24.3 Å². The van der Waals surface area contributed by atoms with E-state index in [-0.39, 0.29) is 6.10 Å². The van der Waals surface area contributed by atoms with Crippen LogP contribution in [-0.2, 0) is 5.60 Å². The van der Waals surface area contributed by atoms with Crippen molar-refractivity contribution in [2.75, 3.05) is 18.0 Å². The van der Waals surface area contributed by atoms with Crippen molar-refractivity contribution in [2.24, 2.45) is 5.41 Å². The molecule has 1 spiro atoms. The zero-order valence-corrected chi connectivity index (χ0v) is 16.6. The molecule has 140 valence electrons. The van der Waals surface area contributed by atoms with Gasteiger partial charge >= 0.3 is 0 Å². The summed E-state index contributed by atoms with van der Waals surface area (Å²) in [5, 5.41) is 15.2. The summed E-state index contributed by atoms with van der Waals surface area (Å²) < 4.78 is 5.75. The van der Waals surface area contributed by atoms with E-state index in [2.05, 4.69) is 59.8 Å². The lowest BCUT2D eigenvalue weighted by atomic mass is 9.67. The first-order valence-corrected chi connectivity index (χ1v) is 10.7. The fourth-order valence-corrected chi connectivity index (χ4v) is 5.33. The maximum absolute atomic E-state index is 11.0. The molecule has 2 fully saturated rings. The highest BCUT2D eigenvalue weighted by molar-refractivity contribution is 7.08. The highest BCUT2D eigenvalue weighted by Gasteiger charge is 2.46. The van der Waals surface area contributed by atoms with Gasteiger partial charge in [0.2, 0.25) is 0 Å². The Morgan fingerprint density at radius 3 is 2.38 bits per heavy atom. The molecule has 0 amide bonds. The average molecular weight is 372 g/mol. The summed E-state index contributed by atoms with van der Waals surface area (Å²) in [6.45, 7) is 6.33. The molecule has 0 radical (unpaired) electrons. The second kappa shape index (κ2) is 6.90. The summed E-state index contributed by atoms with van der Waals surface area (Å²) in [4.78, 5) is 2.51. The minimum atomic E-state index is -0.603. The Hall–Kier alpha value is -1.52. The lowest BCUT2D eigenvalue weighted by Gasteiger charge is -2.42. The first-order valence-electron chi connectivity index (χ1n) is 9.75. The van der Waals surface area contributed by atoms with Crippen LogP contribution in [0, 0.1) is 5.41 Å². The first-order chi connectivity index (χ1) is 12.5. The number of benzene rings is 1. The van der Waals surface area contributed by atoms with E-state index in [0.29, 0.717) is 5.41 Å². The quantitative estimate of drug-likeness (QED) is 0.802. The standard InChI is InChI=1S/C22H29NO2S/c1-17(2)25-20-5-3-19(4-6-20)23-13-12-21(16-23)8-10-22(24,11-9-21)18-7-14-26-15-18/h3-7,14-15,17,24H,8-13,16H2,1-2H3. The smallest absolute Gasteiger partial charge is 0.119 e. The molecule has 3 nitrogen and oxygen atoms in total. The van der Waals surface area contributed by atoms with Crippen LogP contribution < -0.4 is 9.64 Å². The minimum absolute atomic E-state index is 0.208. The predicted molar refractivity (Wildman–Crippen MR) is 108 cm³/mol. The Kier molecular flexibility index (Phi) is 4.74. The third kappa shape index (κ3) is 3.49. The molecule has 1 N–H and O–H groups in total. The van der Waals surface area contributed by atoms with Gasteiger partial charge in [0.05, 0.1) is 11.7 Å². The molecular weight excluding hydrogens is 342 g/mol. The van der Waals surface area contributed by atoms with Gasteiger partial charge in [0.25, 0.3) is 0 Å². The number of hydrogen-bond acceptors (Lipinski definition) is 4. The van der Waals surface area contributed by atoms with Crippen molar-refractivity contribution in [3.63, 3.8) is 0 Å². The Labute approximate surface area is 160 Å². The SMILES string of the molecule is CC(C)Oc1ccc(N2CCC3(CCC(O)(c4ccsc4)CC3)C2)cc1. The fraction of sp³-hybridized carbons (Fsp3) is 0.545. The summed E-state index contributed by atoms with van der Waals surface area (Å²) in [6.07, 6.45) is 5.45. The number of thiophene rings is 1. The second-order valence-electron chi connectivity index (χ2n) is 8.38. The van der Waals surface area contributed by atoms with Crippen LogP contribution in [0.5, 0.6) is 5.75 Å². The van der Waals surface area contributed by atoms with Crippen LogP contribution in [0.1, 0.15) is 51.5 Å². The predicted octanol–water partition coefficient (Wildman–Crippen LogP) is 5.19. The Morgan fingerprint density at radius 1 is 1.04 bits per heavy atom. The third-order valence-electron chi connectivity index (χ3n) is 6.21. The van der Waals surface area contributed by atoms with Crippen molar-refractivity contribution in [3.8, 4) is 5.75 Å². The van der Waals surface area contributed by atoms with E-state index >= 15 is 0 Å². The van der Waals surface area contributed by atoms with Gasteiger partial charge in [0.1, 0.15) is 5.75 Å². The first kappa shape index (κ1) is 17.9. The zero-order chi connectivity index (χ0) is 18.2. The molecule has 2 aromatic rings. The maximum atomic E-state index is 11.0. The van der Waals surface area contributed by atoms with Gasteiger partial charge in [0, 0.05) is 18.8 Å². The lowest BCUT2D eigenvalue weighted by Crippen LogP contribution is -2.38. The van der Waals surface area contributed by atoms with Gasteiger partial charge < -0.3 is 14.7 Å². The fourth-order valence-electron chi connectivity index (χ4n) is 4.58. The molecule has 2 heterocycles. The summed E-state index contributed by atoms with van der Waals surface area (Å²) >= 11 is 1.68. The lowest BCUT2D eigenvalue weighted by molar-refractivity contribution is -0.0336. The van der Waals surface area contributed by atoms with Crippen molar-refractivity contribution in [1.82, 2.24) is 0 Å². The van der Waals surface area contributed by atoms with E-state index < -0.39 is 5.60 Å². The number of hydrogen-bond donors (Lipinski definition) is 1. The summed E-state index contributed by atoms with van der Waals surface area (Å²) in [5.74, 6) is 0.941. The molecule has 1 aliphatic carbocycles. The van der Waals surface area contributed by atoms with Crippen molar-refractivity contribution < 1.29 is 9.84 Å². The summed E-state index contributed by atoms with van der Waals surface area (Å²) in [5.41, 5.74) is 2.17. The molecule has 4 rings (SSSR count). The van der Waals surface area contributed by atoms with E-state index in [0.717, 1.165) is 50.1 Å². The van der Waals surface area contributed by atoms with Gasteiger partial charge in [-0.3, -0.25) is 0 Å². The molecule has 1 saturated heterocycles. The number of rotatable bonds is 4. The van der Waals surface area contributed by atoms with E-state index in [1.807, 2.05) is 0 Å². The number of anilines is 1. The van der Waals surface area contributed by atoms with Crippen molar-refractivity contribution >= 4 is 17.0 Å². The summed E-state index contributed by atoms with van der Waals surface area (Å²) in [7, 11) is 0. The highest BCUT2D eigenvalue weighted by atomic mass is 32.1. The third-order valence-corrected chi connectivity index (χ3v) is 6.89. The molecular formula is C22H29NO2S. The minimum Gasteiger partial charge on any atom is -0.491 e. The normalized spacial score (nSPS) is 28.8. The number of nitrogens with zero attached hydrogens (tertiary/aromatic N) is 1. The zero-order valence-electron chi connectivity index (χ0n) is 15.8. The van der Waals surface area contributed by atoms with Gasteiger partial charge in [-0.15, -0.1) is 0 Å². The molecule has 1 aliphatic heterocycles. The molecule has 0 bridgehead atoms. The molecule has 0 atom stereocenters. The molecule has 4 heteroatoms. The number of aliphatic hydroxyl groups is 1. The van der Waals surface area contributed by atoms with Crippen molar-refractivity contribution in [1.29, 1.82) is 0 Å². The van der Waals surface area contributed by atoms with Gasteiger partial charge in [-0.2, -0.15) is 11.3 Å². The van der Waals surface area contributed by atoms with Gasteiger partial charge in [-0.05, 0) is 98.0 Å². The van der Waals surface area contributed by atoms with E-state index in [9.17, 15) is 5.11 Å². The van der Waals surface area contributed by atoms with Crippen molar-refractivity contribution in [3.05, 3.63) is 46.7 Å². The average Bonchev–Trinajstić information content (AvgIpc) is 3.30. The van der Waals surface area contributed by atoms with E-state index in [1.54, 1.807) is 11.3 Å². The van der Waals surface area contributed by atoms with Crippen LogP contribution in [0.2, 0.25) is 0 Å². The van der Waals surface area contributed by atoms with Gasteiger partial charge in [-0.25, -0.2) is 0 Å². The molecule has 0 unspecified atom stereocenters. The van der Waals surface area contributed by atoms with Crippen LogP contribution in [0.25, 0.3) is 0 Å². The Balaban J connectivity index is 1.39. The van der Waals surface area contributed by atoms with Crippen LogP contribution >= 0.6 is 11.3 Å². The van der Waals surface area contributed by atoms with Gasteiger partial charge in [0.15, 0.2) is 0 Å². The van der Waals surface area contributed by atoms with Crippen LogP contribution in [0.3, 0.4) is 0 Å². The summed E-state index contributed by atoms with van der Waals surface area (Å²) in [6, 6.07) is 10.6. The van der Waals surface area contributed by atoms with Gasteiger partial charge in [-0.1, -0.05) is 0 Å². The highest BCUT2D eigenvalue weighted by Crippen LogP contribution is 2.50. The Morgan fingerprint density at radius 2 is 1.77 bits per heavy atom. The van der Waals surface area contributed by atoms with Crippen LogP contribution in [0.4, 0.5) is 5.69 Å². The molecule has 2 aliphatic rings. The topological polar surface area (TPSA) is 32.7 Å². The Bertz CT molecular complexity index is 715. The molecule has 1 saturated carbocycles. The van der Waals surface area contributed by atoms with E-state index in [4.69, 9.17) is 4.74 Å². The second-order valence-corrected chi connectivity index (χ2v) is 9.16. The monoisotopic (exact) mass is 371 g/mol. The molecule has 1 aromatic carbocycles. The number of ether oxygens (including phenoxy) is 1. The van der Waals surface area contributed by atoms with Crippen LogP contribution in [0.15, 0.2) is 41.1 Å². The molecule has 1 aromatic heterocycles. The van der Waals surface area contributed by atoms with E-state index in [1.165, 1.54) is 12.1 Å². The van der Waals surface area contributed by atoms with Crippen molar-refractivity contribution in [2.45, 2.75) is 57.7 Å². The largest absolute Gasteiger partial charge is 0.491 e. The maximum Gasteiger partial charge on any atom is 0.119 e. The molecule has 26 heavy (non-hydrogen) atoms.